The number of para-hydroxylation sites is 2. The van der Waals surface area contributed by atoms with Gasteiger partial charge in [-0.15, -0.1) is 11.3 Å². The van der Waals surface area contributed by atoms with Crippen LogP contribution >= 0.6 is 11.3 Å². The minimum absolute atomic E-state index is 0.581. The van der Waals surface area contributed by atoms with Crippen LogP contribution in [-0.2, 0) is 0 Å². The Kier molecular flexibility index (Phi) is 6.64. The molecule has 3 heterocycles. The highest BCUT2D eigenvalue weighted by molar-refractivity contribution is 7.26. The molecular formula is C45H27N3OS. The highest BCUT2D eigenvalue weighted by Crippen LogP contribution is 2.42. The number of fused-ring (bicyclic) bond motifs is 6. The summed E-state index contributed by atoms with van der Waals surface area (Å²) in [5.41, 5.74) is 9.16. The summed E-state index contributed by atoms with van der Waals surface area (Å²) < 4.78 is 8.79. The van der Waals surface area contributed by atoms with Crippen molar-refractivity contribution in [1.82, 2.24) is 15.0 Å². The van der Waals surface area contributed by atoms with Crippen LogP contribution in [0.2, 0.25) is 0 Å². The molecule has 10 aromatic rings. The number of hydrogen-bond donors (Lipinski definition) is 0. The average Bonchev–Trinajstić information content (AvgIpc) is 3.77. The third-order valence-corrected chi connectivity index (χ3v) is 10.6. The van der Waals surface area contributed by atoms with E-state index in [1.807, 2.05) is 60.7 Å². The van der Waals surface area contributed by atoms with Gasteiger partial charge >= 0.3 is 0 Å². The Balaban J connectivity index is 1.15. The van der Waals surface area contributed by atoms with Crippen molar-refractivity contribution in [3.05, 3.63) is 164 Å². The fourth-order valence-corrected chi connectivity index (χ4v) is 8.11. The molecule has 234 valence electrons. The highest BCUT2D eigenvalue weighted by atomic mass is 32.1. The molecule has 3 aromatic heterocycles. The van der Waals surface area contributed by atoms with Crippen LogP contribution in [0.1, 0.15) is 0 Å². The largest absolute Gasteiger partial charge is 0.455 e. The first-order valence-corrected chi connectivity index (χ1v) is 17.4. The molecule has 10 rings (SSSR count). The fraction of sp³-hybridized carbons (Fsp3) is 0. The van der Waals surface area contributed by atoms with E-state index in [1.165, 1.54) is 37.7 Å². The molecule has 0 atom stereocenters. The average molecular weight is 658 g/mol. The normalized spacial score (nSPS) is 11.6. The van der Waals surface area contributed by atoms with Gasteiger partial charge in [0.25, 0.3) is 0 Å². The van der Waals surface area contributed by atoms with Crippen LogP contribution in [0.25, 0.3) is 98.5 Å². The summed E-state index contributed by atoms with van der Waals surface area (Å²) in [4.78, 5) is 15.3. The monoisotopic (exact) mass is 657 g/mol. The van der Waals surface area contributed by atoms with E-state index < -0.39 is 0 Å². The fourth-order valence-electron chi connectivity index (χ4n) is 6.92. The smallest absolute Gasteiger partial charge is 0.167 e. The molecule has 0 fully saturated rings. The van der Waals surface area contributed by atoms with E-state index in [0.717, 1.165) is 43.3 Å². The van der Waals surface area contributed by atoms with Gasteiger partial charge in [0.2, 0.25) is 0 Å². The third-order valence-electron chi connectivity index (χ3n) is 9.35. The maximum atomic E-state index is 6.42. The van der Waals surface area contributed by atoms with Crippen molar-refractivity contribution < 1.29 is 4.42 Å². The number of furan rings is 1. The summed E-state index contributed by atoms with van der Waals surface area (Å²) in [6.45, 7) is 0. The molecule has 0 aliphatic heterocycles. The van der Waals surface area contributed by atoms with Gasteiger partial charge in [-0.2, -0.15) is 0 Å². The molecule has 0 saturated carbocycles. The van der Waals surface area contributed by atoms with Crippen LogP contribution in [0.5, 0.6) is 0 Å². The summed E-state index contributed by atoms with van der Waals surface area (Å²) in [6, 6.07) is 56.9. The number of rotatable bonds is 5. The molecule has 0 radical (unpaired) electrons. The molecule has 0 unspecified atom stereocenters. The van der Waals surface area contributed by atoms with E-state index in [2.05, 4.69) is 103 Å². The van der Waals surface area contributed by atoms with Gasteiger partial charge in [0, 0.05) is 42.1 Å². The van der Waals surface area contributed by atoms with E-state index in [0.29, 0.717) is 17.5 Å². The zero-order chi connectivity index (χ0) is 33.0. The number of benzene rings is 7. The van der Waals surface area contributed by atoms with E-state index in [1.54, 1.807) is 11.3 Å². The van der Waals surface area contributed by atoms with Crippen molar-refractivity contribution >= 4 is 53.4 Å². The van der Waals surface area contributed by atoms with Gasteiger partial charge in [-0.3, -0.25) is 0 Å². The van der Waals surface area contributed by atoms with Crippen molar-refractivity contribution in [3.63, 3.8) is 0 Å². The van der Waals surface area contributed by atoms with E-state index in [9.17, 15) is 0 Å². The highest BCUT2D eigenvalue weighted by Gasteiger charge is 2.20. The van der Waals surface area contributed by atoms with Gasteiger partial charge in [-0.05, 0) is 58.7 Å². The molecule has 0 bridgehead atoms. The molecule has 0 amide bonds. The van der Waals surface area contributed by atoms with Gasteiger partial charge in [0.15, 0.2) is 17.5 Å². The molecule has 0 aliphatic carbocycles. The molecule has 50 heavy (non-hydrogen) atoms. The Morgan fingerprint density at radius 1 is 0.380 bits per heavy atom. The third kappa shape index (κ3) is 4.79. The Hall–Kier alpha value is -6.43. The maximum Gasteiger partial charge on any atom is 0.167 e. The van der Waals surface area contributed by atoms with Crippen molar-refractivity contribution in [3.8, 4) is 56.4 Å². The number of hydrogen-bond acceptors (Lipinski definition) is 5. The predicted octanol–water partition coefficient (Wildman–Crippen LogP) is 12.5. The molecule has 7 aromatic carbocycles. The summed E-state index contributed by atoms with van der Waals surface area (Å²) in [5, 5.41) is 4.52. The first-order valence-electron chi connectivity index (χ1n) is 16.6. The molecular weight excluding hydrogens is 631 g/mol. The summed E-state index contributed by atoms with van der Waals surface area (Å²) in [5.74, 6) is 1.84. The first kappa shape index (κ1) is 28.6. The van der Waals surface area contributed by atoms with Gasteiger partial charge in [-0.1, -0.05) is 127 Å². The minimum atomic E-state index is 0.581. The van der Waals surface area contributed by atoms with Gasteiger partial charge in [0.1, 0.15) is 11.2 Å². The number of nitrogens with zero attached hydrogens (tertiary/aromatic N) is 3. The minimum Gasteiger partial charge on any atom is -0.455 e. The van der Waals surface area contributed by atoms with Crippen LogP contribution in [-0.4, -0.2) is 15.0 Å². The van der Waals surface area contributed by atoms with E-state index in [-0.39, 0.29) is 0 Å². The van der Waals surface area contributed by atoms with E-state index >= 15 is 0 Å². The molecule has 0 saturated heterocycles. The Morgan fingerprint density at radius 2 is 0.960 bits per heavy atom. The molecule has 0 aliphatic rings. The predicted molar refractivity (Wildman–Crippen MR) is 207 cm³/mol. The standard InChI is InChI=1S/C45H27N3OS/c1-3-12-28(13-4-1)30-16-9-17-31(26-30)32-24-25-40-38(27-32)35-20-11-22-37(42(35)50-40)45-47-43(29-14-5-2-6-15-29)46-44(48-45)36-21-10-19-34-33-18-7-8-23-39(33)49-41(34)36/h1-27H. The molecule has 0 N–H and O–H groups in total. The maximum absolute atomic E-state index is 6.42. The second-order valence-corrected chi connectivity index (χ2v) is 13.4. The van der Waals surface area contributed by atoms with Crippen LogP contribution in [0.15, 0.2) is 168 Å². The number of thiophene rings is 1. The lowest BCUT2D eigenvalue weighted by molar-refractivity contribution is 0.669. The SMILES string of the molecule is c1ccc(-c2cccc(-c3ccc4sc5c(-c6nc(-c7ccccc7)nc(-c7cccc8c7oc7ccccc78)n6)cccc5c4c3)c2)cc1. The van der Waals surface area contributed by atoms with Crippen molar-refractivity contribution in [2.45, 2.75) is 0 Å². The first-order chi connectivity index (χ1) is 24.8. The van der Waals surface area contributed by atoms with Crippen molar-refractivity contribution in [2.24, 2.45) is 0 Å². The lowest BCUT2D eigenvalue weighted by atomic mass is 9.98. The summed E-state index contributed by atoms with van der Waals surface area (Å²) >= 11 is 1.78. The van der Waals surface area contributed by atoms with Crippen LogP contribution in [0, 0.1) is 0 Å². The van der Waals surface area contributed by atoms with Gasteiger partial charge in [0.05, 0.1) is 5.56 Å². The van der Waals surface area contributed by atoms with Gasteiger partial charge < -0.3 is 4.42 Å². The summed E-state index contributed by atoms with van der Waals surface area (Å²) in [7, 11) is 0. The van der Waals surface area contributed by atoms with E-state index in [4.69, 9.17) is 19.4 Å². The topological polar surface area (TPSA) is 51.8 Å². The zero-order valence-corrected chi connectivity index (χ0v) is 27.6. The second kappa shape index (κ2) is 11.6. The molecule has 4 nitrogen and oxygen atoms in total. The second-order valence-electron chi connectivity index (χ2n) is 12.4. The Bertz CT molecular complexity index is 2870. The van der Waals surface area contributed by atoms with Crippen molar-refractivity contribution in [2.75, 3.05) is 0 Å². The quantitative estimate of drug-likeness (QED) is 0.185. The van der Waals surface area contributed by atoms with Gasteiger partial charge in [-0.25, -0.2) is 15.0 Å². The molecule has 5 heteroatoms. The van der Waals surface area contributed by atoms with Crippen LogP contribution in [0.3, 0.4) is 0 Å². The number of aromatic nitrogens is 3. The van der Waals surface area contributed by atoms with Crippen LogP contribution < -0.4 is 0 Å². The summed E-state index contributed by atoms with van der Waals surface area (Å²) in [6.07, 6.45) is 0. The Labute approximate surface area is 292 Å². The lowest BCUT2D eigenvalue weighted by Crippen LogP contribution is -2.00. The molecule has 0 spiro atoms. The zero-order valence-electron chi connectivity index (χ0n) is 26.7. The lowest BCUT2D eigenvalue weighted by Gasteiger charge is -2.09. The van der Waals surface area contributed by atoms with Crippen molar-refractivity contribution in [1.29, 1.82) is 0 Å². The van der Waals surface area contributed by atoms with Crippen LogP contribution in [0.4, 0.5) is 0 Å². The Morgan fingerprint density at radius 3 is 1.78 bits per heavy atom.